The van der Waals surface area contributed by atoms with Crippen molar-refractivity contribution in [1.29, 1.82) is 0 Å². The molecule has 0 bridgehead atoms. The molecule has 0 aromatic heterocycles. The van der Waals surface area contributed by atoms with Gasteiger partial charge in [0, 0.05) is 0 Å². The molecule has 0 amide bonds. The molecule has 1 saturated heterocycles. The molecule has 90 valence electrons. The number of hydrogen-bond donors (Lipinski definition) is 0. The van der Waals surface area contributed by atoms with Gasteiger partial charge in [-0.05, 0) is 0 Å². The summed E-state index contributed by atoms with van der Waals surface area (Å²) in [6, 6.07) is 0. The van der Waals surface area contributed by atoms with E-state index in [4.69, 9.17) is 0 Å². The highest BCUT2D eigenvalue weighted by Crippen LogP contribution is 2.54. The first-order valence-electron chi connectivity index (χ1n) is 3.36. The molecule has 0 saturated carbocycles. The number of sulfone groups is 1. The molecule has 0 aromatic rings. The molecule has 3 atom stereocenters. The van der Waals surface area contributed by atoms with Crippen molar-refractivity contribution in [3.8, 4) is 0 Å². The van der Waals surface area contributed by atoms with Crippen LogP contribution in [-0.2, 0) is 9.84 Å². The van der Waals surface area contributed by atoms with Crippen molar-refractivity contribution in [2.75, 3.05) is 0 Å². The lowest BCUT2D eigenvalue weighted by Crippen LogP contribution is -2.53. The maximum atomic E-state index is 12.9. The van der Waals surface area contributed by atoms with E-state index in [1.807, 2.05) is 0 Å². The summed E-state index contributed by atoms with van der Waals surface area (Å²) in [6.07, 6.45) is -4.65. The summed E-state index contributed by atoms with van der Waals surface area (Å²) in [5, 5.41) is 0. The number of hydrogen-bond acceptors (Lipinski definition) is 2. The summed E-state index contributed by atoms with van der Waals surface area (Å²) in [5.74, 6) is -5.61. The minimum Gasteiger partial charge on any atom is -0.226 e. The lowest BCUT2D eigenvalue weighted by atomic mass is 10.0. The van der Waals surface area contributed by atoms with E-state index in [2.05, 4.69) is 0 Å². The number of alkyl halides is 7. The van der Waals surface area contributed by atoms with Crippen LogP contribution in [-0.4, -0.2) is 37.4 Å². The Balaban J connectivity index is 3.45. The van der Waals surface area contributed by atoms with Crippen molar-refractivity contribution in [2.45, 2.75) is 29.0 Å². The van der Waals surface area contributed by atoms with Gasteiger partial charge in [-0.25, -0.2) is 30.4 Å². The van der Waals surface area contributed by atoms with E-state index in [-0.39, 0.29) is 0 Å². The van der Waals surface area contributed by atoms with Crippen LogP contribution >= 0.6 is 0 Å². The SMILES string of the molecule is O=S1(=O)C(F)C(F)(F)C(F)(C(F)F)C1F. The molecule has 10 heteroatoms. The second-order valence-corrected chi connectivity index (χ2v) is 4.92. The largest absolute Gasteiger partial charge is 0.336 e. The van der Waals surface area contributed by atoms with Gasteiger partial charge in [-0.2, -0.15) is 8.78 Å². The van der Waals surface area contributed by atoms with Crippen LogP contribution in [0.25, 0.3) is 0 Å². The fraction of sp³-hybridized carbons (Fsp3) is 1.00. The third-order valence-corrected chi connectivity index (χ3v) is 3.81. The van der Waals surface area contributed by atoms with Crippen LogP contribution < -0.4 is 0 Å². The predicted octanol–water partition coefficient (Wildman–Crippen LogP) is 1.61. The monoisotopic (exact) mass is 260 g/mol. The van der Waals surface area contributed by atoms with E-state index < -0.39 is 38.9 Å². The van der Waals surface area contributed by atoms with Crippen molar-refractivity contribution in [3.63, 3.8) is 0 Å². The van der Waals surface area contributed by atoms with Crippen molar-refractivity contribution in [2.24, 2.45) is 0 Å². The first-order valence-corrected chi connectivity index (χ1v) is 4.97. The lowest BCUT2D eigenvalue weighted by Gasteiger charge is -2.25. The third kappa shape index (κ3) is 1.20. The third-order valence-electron chi connectivity index (χ3n) is 2.02. The summed E-state index contributed by atoms with van der Waals surface area (Å²) < 4.78 is 108. The summed E-state index contributed by atoms with van der Waals surface area (Å²) in [4.78, 5) is 0. The Morgan fingerprint density at radius 3 is 1.53 bits per heavy atom. The van der Waals surface area contributed by atoms with Gasteiger partial charge in [-0.3, -0.25) is 0 Å². The van der Waals surface area contributed by atoms with Crippen molar-refractivity contribution in [3.05, 3.63) is 0 Å². The molecule has 0 spiro atoms. The minimum atomic E-state index is -5.90. The Kier molecular flexibility index (Phi) is 2.49. The van der Waals surface area contributed by atoms with Gasteiger partial charge >= 0.3 is 5.92 Å². The Labute approximate surface area is 79.0 Å². The number of halogens is 7. The Morgan fingerprint density at radius 1 is 1.00 bits per heavy atom. The molecule has 0 aromatic carbocycles. The molecule has 1 rings (SSSR count). The molecule has 2 nitrogen and oxygen atoms in total. The van der Waals surface area contributed by atoms with Crippen molar-refractivity contribution < 1.29 is 39.2 Å². The molecular weight excluding hydrogens is 257 g/mol. The second kappa shape index (κ2) is 2.98. The molecule has 0 radical (unpaired) electrons. The van der Waals surface area contributed by atoms with Crippen molar-refractivity contribution >= 4 is 9.84 Å². The topological polar surface area (TPSA) is 34.1 Å². The molecule has 1 aliphatic heterocycles. The van der Waals surface area contributed by atoms with Gasteiger partial charge in [0.1, 0.15) is 0 Å². The number of rotatable bonds is 1. The first-order chi connectivity index (χ1) is 6.50. The highest BCUT2D eigenvalue weighted by atomic mass is 32.2. The predicted molar refractivity (Wildman–Crippen MR) is 33.5 cm³/mol. The van der Waals surface area contributed by atoms with Crippen LogP contribution in [0.1, 0.15) is 0 Å². The smallest absolute Gasteiger partial charge is 0.226 e. The van der Waals surface area contributed by atoms with Gasteiger partial charge in [0.15, 0.2) is 0 Å². The lowest BCUT2D eigenvalue weighted by molar-refractivity contribution is -0.211. The van der Waals surface area contributed by atoms with Crippen LogP contribution in [0.5, 0.6) is 0 Å². The summed E-state index contributed by atoms with van der Waals surface area (Å²) in [6.45, 7) is 0. The second-order valence-electron chi connectivity index (χ2n) is 2.91. The molecule has 1 fully saturated rings. The normalized spacial score (nSPS) is 43.5. The maximum Gasteiger partial charge on any atom is 0.336 e. The van der Waals surface area contributed by atoms with Gasteiger partial charge in [-0.15, -0.1) is 0 Å². The van der Waals surface area contributed by atoms with Crippen LogP contribution in [0.4, 0.5) is 30.7 Å². The summed E-state index contributed by atoms with van der Waals surface area (Å²) in [5.41, 5.74) is -13.9. The zero-order chi connectivity index (χ0) is 12.2. The van der Waals surface area contributed by atoms with E-state index in [9.17, 15) is 39.2 Å². The molecule has 3 unspecified atom stereocenters. The first kappa shape index (κ1) is 12.5. The van der Waals surface area contributed by atoms with Gasteiger partial charge < -0.3 is 0 Å². The molecule has 0 aliphatic carbocycles. The van der Waals surface area contributed by atoms with E-state index in [0.29, 0.717) is 0 Å². The minimum absolute atomic E-state index is 4.28. The molecule has 1 aliphatic rings. The fourth-order valence-corrected chi connectivity index (χ4v) is 2.66. The maximum absolute atomic E-state index is 12.9. The van der Waals surface area contributed by atoms with Crippen LogP contribution in [0, 0.1) is 0 Å². The van der Waals surface area contributed by atoms with Gasteiger partial charge in [0.05, 0.1) is 0 Å². The fourth-order valence-electron chi connectivity index (χ4n) is 1.12. The standard InChI is InChI=1S/C5H3F7O2S/c6-1(7)4(10)2(8)15(13,14)3(9)5(4,11)12/h1-3H. The molecule has 1 heterocycles. The Hall–Kier alpha value is -0.540. The Bertz CT molecular complexity index is 366. The average molecular weight is 260 g/mol. The Morgan fingerprint density at radius 2 is 1.40 bits per heavy atom. The van der Waals surface area contributed by atoms with Crippen LogP contribution in [0.2, 0.25) is 0 Å². The van der Waals surface area contributed by atoms with Crippen LogP contribution in [0.15, 0.2) is 0 Å². The highest BCUT2D eigenvalue weighted by molar-refractivity contribution is 7.92. The van der Waals surface area contributed by atoms with Crippen molar-refractivity contribution in [1.82, 2.24) is 0 Å². The molecule has 15 heavy (non-hydrogen) atoms. The molecular formula is C5H3F7O2S. The van der Waals surface area contributed by atoms with Gasteiger partial charge in [0.2, 0.25) is 15.3 Å². The zero-order valence-electron chi connectivity index (χ0n) is 6.60. The van der Waals surface area contributed by atoms with E-state index in [1.54, 1.807) is 0 Å². The van der Waals surface area contributed by atoms with Crippen LogP contribution in [0.3, 0.4) is 0 Å². The average Bonchev–Trinajstić information content (AvgIpc) is 2.19. The van der Waals surface area contributed by atoms with Gasteiger partial charge in [0.25, 0.3) is 17.6 Å². The quantitative estimate of drug-likeness (QED) is 0.671. The van der Waals surface area contributed by atoms with E-state index >= 15 is 0 Å². The van der Waals surface area contributed by atoms with Gasteiger partial charge in [-0.1, -0.05) is 0 Å². The van der Waals surface area contributed by atoms with E-state index in [0.717, 1.165) is 0 Å². The molecule has 0 N–H and O–H groups in total. The summed E-state index contributed by atoms with van der Waals surface area (Å²) in [7, 11) is -5.90. The summed E-state index contributed by atoms with van der Waals surface area (Å²) >= 11 is 0. The zero-order valence-corrected chi connectivity index (χ0v) is 7.42. The highest BCUT2D eigenvalue weighted by Gasteiger charge is 2.82. The van der Waals surface area contributed by atoms with E-state index in [1.165, 1.54) is 0 Å².